The van der Waals surface area contributed by atoms with Gasteiger partial charge in [0.25, 0.3) is 0 Å². The van der Waals surface area contributed by atoms with Crippen molar-refractivity contribution in [2.24, 2.45) is 0 Å². The van der Waals surface area contributed by atoms with E-state index >= 15 is 0 Å². The van der Waals surface area contributed by atoms with E-state index in [1.807, 2.05) is 0 Å². The quantitative estimate of drug-likeness (QED) is 0.105. The van der Waals surface area contributed by atoms with Gasteiger partial charge in [-0.2, -0.15) is 0 Å². The third kappa shape index (κ3) is 13.0. The zero-order valence-electron chi connectivity index (χ0n) is 31.5. The van der Waals surface area contributed by atoms with Gasteiger partial charge < -0.3 is 0 Å². The van der Waals surface area contributed by atoms with E-state index in [0.717, 1.165) is 0 Å². The monoisotopic (exact) mass is 1180 g/mol. The van der Waals surface area contributed by atoms with Crippen molar-refractivity contribution in [3.05, 3.63) is 243 Å². The number of hydrogen-bond acceptors (Lipinski definition) is 0. The second kappa shape index (κ2) is 24.8. The van der Waals surface area contributed by atoms with Gasteiger partial charge >= 0.3 is 0 Å². The van der Waals surface area contributed by atoms with Gasteiger partial charge in [-0.15, -0.1) is 0 Å². The van der Waals surface area contributed by atoms with Crippen molar-refractivity contribution in [2.45, 2.75) is 0 Å². The zero-order valence-corrected chi connectivity index (χ0v) is 39.6. The van der Waals surface area contributed by atoms with Crippen molar-refractivity contribution in [3.8, 4) is 22.6 Å². The molecule has 8 rings (SSSR count). The van der Waals surface area contributed by atoms with Crippen molar-refractivity contribution in [1.29, 1.82) is 0 Å². The van der Waals surface area contributed by atoms with Crippen molar-refractivity contribution < 1.29 is 42.1 Å². The van der Waals surface area contributed by atoms with E-state index in [-0.39, 0.29) is 42.1 Å². The molecule has 0 N–H and O–H groups in total. The topological polar surface area (TPSA) is 0 Å². The maximum atomic E-state index is 3.69. The molecule has 0 amide bonds. The fourth-order valence-corrected chi connectivity index (χ4v) is 13.5. The van der Waals surface area contributed by atoms with E-state index in [4.69, 9.17) is 0 Å². The Kier molecular flexibility index (Phi) is 19.3. The molecule has 8 aromatic rings. The Morgan fingerprint density at radius 3 is 0.379 bits per heavy atom. The van der Waals surface area contributed by atoms with E-state index < -0.39 is 31.7 Å². The molecule has 0 heterocycles. The third-order valence-corrected chi connectivity index (χ3v) is 16.9. The van der Waals surface area contributed by atoms with Crippen molar-refractivity contribution in [1.82, 2.24) is 0 Å². The van der Waals surface area contributed by atoms with Crippen LogP contribution in [0.2, 0.25) is 0 Å². The largest absolute Gasteiger partial charge is 0.0622 e. The Hall–Kier alpha value is -4.02. The summed E-state index contributed by atoms with van der Waals surface area (Å²) in [5, 5.41) is 10.4. The summed E-state index contributed by atoms with van der Waals surface area (Å²) in [5.41, 5.74) is 14.8. The summed E-state index contributed by atoms with van der Waals surface area (Å²) in [5.74, 6) is 0. The van der Waals surface area contributed by atoms with Crippen LogP contribution in [-0.2, 0) is 42.1 Å². The molecule has 6 heteroatoms. The average Bonchev–Trinajstić information content (AvgIpc) is 3.29. The third-order valence-electron chi connectivity index (χ3n) is 8.66. The predicted molar refractivity (Wildman–Crippen MR) is 252 cm³/mol. The van der Waals surface area contributed by atoms with Crippen LogP contribution in [0.3, 0.4) is 0 Å². The summed E-state index contributed by atoms with van der Waals surface area (Å²) in [6, 6.07) is 85.3. The first kappa shape index (κ1) is 45.1. The first-order valence-electron chi connectivity index (χ1n) is 18.5. The number of hydrogen-bond donors (Lipinski definition) is 0. The van der Waals surface area contributed by atoms with Crippen LogP contribution in [0, 0.1) is 22.6 Å². The molecule has 0 aliphatic heterocycles. The minimum atomic E-state index is -0.709. The second-order valence-corrected chi connectivity index (χ2v) is 20.2. The first-order valence-corrected chi connectivity index (χ1v) is 23.8. The normalized spacial score (nSPS) is 10.1. The van der Waals surface area contributed by atoms with Crippen LogP contribution in [0.4, 0.5) is 0 Å². The molecule has 0 aliphatic carbocycles. The predicted octanol–water partition coefficient (Wildman–Crippen LogP) is 10.3. The molecule has 288 valence electrons. The van der Waals surface area contributed by atoms with Gasteiger partial charge in [0.1, 0.15) is 0 Å². The van der Waals surface area contributed by atoms with E-state index in [9.17, 15) is 0 Å². The molecule has 0 atom stereocenters. The van der Waals surface area contributed by atoms with Crippen molar-refractivity contribution in [3.63, 3.8) is 0 Å². The van der Waals surface area contributed by atoms with E-state index in [1.165, 1.54) is 42.4 Å². The molecule has 58 heavy (non-hydrogen) atoms. The maximum Gasteiger partial charge on any atom is 0.0348 e. The van der Waals surface area contributed by atoms with Crippen LogP contribution < -0.4 is 42.4 Å². The van der Waals surface area contributed by atoms with Crippen LogP contribution >= 0.6 is 31.7 Å². The van der Waals surface area contributed by atoms with Gasteiger partial charge in [-0.3, -0.25) is 0 Å². The molecular weight excluding hydrogens is 1140 g/mol. The molecule has 0 saturated heterocycles. The van der Waals surface area contributed by atoms with Crippen LogP contribution in [0.15, 0.2) is 243 Å². The first-order chi connectivity index (χ1) is 27.8. The second-order valence-electron chi connectivity index (χ2n) is 12.5. The molecule has 0 aromatic heterocycles. The Balaban J connectivity index is 0.000000214. The van der Waals surface area contributed by atoms with Gasteiger partial charge in [0, 0.05) is 73.8 Å². The molecule has 8 aromatic carbocycles. The van der Waals surface area contributed by atoms with Gasteiger partial charge in [-0.05, 0) is 42.4 Å². The van der Waals surface area contributed by atoms with Crippen LogP contribution in [0.25, 0.3) is 0 Å². The zero-order chi connectivity index (χ0) is 38.0. The summed E-state index contributed by atoms with van der Waals surface area (Å²) in [4.78, 5) is 0. The smallest absolute Gasteiger partial charge is 0.0348 e. The standard InChI is InChI=1S/2C26H20P2.2Pt/c2*1-5-13-23(14-6-1)27(24-15-7-2-8-16-24)21-22-28(25-17-9-3-10-18-25)26-19-11-4-12-20-26;;/h2*1-20H;;. The van der Waals surface area contributed by atoms with Crippen LogP contribution in [-0.4, -0.2) is 0 Å². The Labute approximate surface area is 378 Å². The Morgan fingerprint density at radius 1 is 0.172 bits per heavy atom. The minimum absolute atomic E-state index is 0. The average molecular weight is 1180 g/mol. The fourth-order valence-electron chi connectivity index (χ4n) is 5.93. The van der Waals surface area contributed by atoms with E-state index in [2.05, 4.69) is 265 Å². The van der Waals surface area contributed by atoms with Crippen LogP contribution in [0.5, 0.6) is 0 Å². The van der Waals surface area contributed by atoms with Crippen molar-refractivity contribution in [2.75, 3.05) is 0 Å². The number of rotatable bonds is 8. The number of benzene rings is 8. The van der Waals surface area contributed by atoms with Gasteiger partial charge in [0.2, 0.25) is 0 Å². The van der Waals surface area contributed by atoms with E-state index in [0.29, 0.717) is 0 Å². The van der Waals surface area contributed by atoms with Gasteiger partial charge in [-0.25, -0.2) is 0 Å². The molecule has 0 spiro atoms. The molecule has 0 nitrogen and oxygen atoms in total. The Bertz CT molecular complexity index is 1960. The summed E-state index contributed by atoms with van der Waals surface area (Å²) < 4.78 is 0. The van der Waals surface area contributed by atoms with Gasteiger partial charge in [-0.1, -0.05) is 265 Å². The SMILES string of the molecule is C(#CP(c1ccccc1)c1ccccc1)P(c1ccccc1)c1ccccc1.C(#CP(c1ccccc1)c1ccccc1)P(c1ccccc1)c1ccccc1.[Pt].[Pt]. The molecule has 0 radical (unpaired) electrons. The molecule has 0 unspecified atom stereocenters. The van der Waals surface area contributed by atoms with E-state index in [1.54, 1.807) is 0 Å². The van der Waals surface area contributed by atoms with Gasteiger partial charge in [0.15, 0.2) is 0 Å². The Morgan fingerprint density at radius 2 is 0.276 bits per heavy atom. The van der Waals surface area contributed by atoms with Gasteiger partial charge in [0.05, 0.1) is 0 Å². The van der Waals surface area contributed by atoms with Crippen LogP contribution in [0.1, 0.15) is 0 Å². The maximum absolute atomic E-state index is 3.69. The molecule has 0 fully saturated rings. The summed E-state index contributed by atoms with van der Waals surface area (Å²) in [7, 11) is -2.84. The summed E-state index contributed by atoms with van der Waals surface area (Å²) in [6.07, 6.45) is 0. The molecule has 0 aliphatic rings. The molecule has 0 saturated carbocycles. The minimum Gasteiger partial charge on any atom is -0.0622 e. The summed E-state index contributed by atoms with van der Waals surface area (Å²) in [6.45, 7) is 0. The summed E-state index contributed by atoms with van der Waals surface area (Å²) >= 11 is 0. The van der Waals surface area contributed by atoms with Crippen molar-refractivity contribution >= 4 is 74.1 Å². The molecular formula is C52H40P4Pt2. The molecule has 0 bridgehead atoms. The fraction of sp³-hybridized carbons (Fsp3) is 0.